The summed E-state index contributed by atoms with van der Waals surface area (Å²) in [7, 11) is 1.62. The van der Waals surface area contributed by atoms with E-state index in [0.29, 0.717) is 23.5 Å². The van der Waals surface area contributed by atoms with Crippen LogP contribution in [-0.2, 0) is 4.74 Å². The summed E-state index contributed by atoms with van der Waals surface area (Å²) >= 11 is 0. The molecule has 0 bridgehead atoms. The van der Waals surface area contributed by atoms with Crippen molar-refractivity contribution in [1.29, 1.82) is 0 Å². The van der Waals surface area contributed by atoms with Crippen molar-refractivity contribution in [3.63, 3.8) is 0 Å². The van der Waals surface area contributed by atoms with Gasteiger partial charge in [0.2, 0.25) is 0 Å². The first kappa shape index (κ1) is 20.5. The standard InChI is InChI=1S/C20H21N3O3.ClH/c1-4-11-26-20(24)17-12-21-19-16(10-5-13(2)22-19)18(17)23-14-6-8-15(25-3)9-7-14;/h5-10,12H,4,11H2,1-3H3,(H,21,22,23);1H. The number of aromatic nitrogens is 2. The number of aryl methyl sites for hydroxylation is 1. The molecule has 27 heavy (non-hydrogen) atoms. The van der Waals surface area contributed by atoms with Crippen molar-refractivity contribution < 1.29 is 14.3 Å². The molecule has 0 aliphatic heterocycles. The third kappa shape index (κ3) is 4.65. The summed E-state index contributed by atoms with van der Waals surface area (Å²) in [5, 5.41) is 4.07. The molecule has 0 unspecified atom stereocenters. The lowest BCUT2D eigenvalue weighted by Crippen LogP contribution is -2.10. The van der Waals surface area contributed by atoms with Crippen molar-refractivity contribution >= 4 is 40.8 Å². The van der Waals surface area contributed by atoms with Crippen LogP contribution in [0.15, 0.2) is 42.6 Å². The molecule has 142 valence electrons. The summed E-state index contributed by atoms with van der Waals surface area (Å²) < 4.78 is 10.5. The van der Waals surface area contributed by atoms with E-state index >= 15 is 0 Å². The van der Waals surface area contributed by atoms with Crippen molar-refractivity contribution in [2.75, 3.05) is 19.0 Å². The fraction of sp³-hybridized carbons (Fsp3) is 0.250. The van der Waals surface area contributed by atoms with Crippen molar-refractivity contribution in [2.24, 2.45) is 0 Å². The number of pyridine rings is 2. The van der Waals surface area contributed by atoms with E-state index in [2.05, 4.69) is 15.3 Å². The molecule has 0 aliphatic rings. The zero-order valence-electron chi connectivity index (χ0n) is 15.5. The Morgan fingerprint density at radius 2 is 1.89 bits per heavy atom. The number of benzene rings is 1. The Bertz CT molecular complexity index is 930. The van der Waals surface area contributed by atoms with E-state index in [9.17, 15) is 4.79 Å². The molecular weight excluding hydrogens is 366 g/mol. The summed E-state index contributed by atoms with van der Waals surface area (Å²) in [6, 6.07) is 11.3. The molecule has 0 saturated heterocycles. The summed E-state index contributed by atoms with van der Waals surface area (Å²) in [6.45, 7) is 4.22. The molecule has 2 aromatic heterocycles. The number of esters is 1. The van der Waals surface area contributed by atoms with Crippen LogP contribution in [0.5, 0.6) is 5.75 Å². The summed E-state index contributed by atoms with van der Waals surface area (Å²) in [5.41, 5.74) is 3.28. The Morgan fingerprint density at radius 3 is 2.56 bits per heavy atom. The Balaban J connectivity index is 0.00000261. The van der Waals surface area contributed by atoms with Crippen LogP contribution in [0, 0.1) is 6.92 Å². The minimum Gasteiger partial charge on any atom is -0.497 e. The number of hydrogen-bond acceptors (Lipinski definition) is 6. The molecule has 1 aromatic carbocycles. The lowest BCUT2D eigenvalue weighted by Gasteiger charge is -2.14. The molecule has 0 atom stereocenters. The van der Waals surface area contributed by atoms with Crippen LogP contribution in [0.4, 0.5) is 11.4 Å². The second-order valence-electron chi connectivity index (χ2n) is 5.86. The maximum absolute atomic E-state index is 12.5. The number of anilines is 2. The van der Waals surface area contributed by atoms with Gasteiger partial charge in [-0.05, 0) is 49.7 Å². The lowest BCUT2D eigenvalue weighted by atomic mass is 10.1. The number of nitrogens with zero attached hydrogens (tertiary/aromatic N) is 2. The average Bonchev–Trinajstić information content (AvgIpc) is 2.66. The quantitative estimate of drug-likeness (QED) is 0.619. The van der Waals surface area contributed by atoms with E-state index in [4.69, 9.17) is 9.47 Å². The fourth-order valence-electron chi connectivity index (χ4n) is 2.55. The summed E-state index contributed by atoms with van der Waals surface area (Å²) in [6.07, 6.45) is 2.27. The largest absolute Gasteiger partial charge is 0.497 e. The highest BCUT2D eigenvalue weighted by molar-refractivity contribution is 6.05. The highest BCUT2D eigenvalue weighted by atomic mass is 35.5. The van der Waals surface area contributed by atoms with Gasteiger partial charge >= 0.3 is 5.97 Å². The number of fused-ring (bicyclic) bond motifs is 1. The molecule has 0 fully saturated rings. The first-order valence-corrected chi connectivity index (χ1v) is 8.47. The Hall–Kier alpha value is -2.86. The summed E-state index contributed by atoms with van der Waals surface area (Å²) in [5.74, 6) is 0.354. The predicted octanol–water partition coefficient (Wildman–Crippen LogP) is 4.68. The number of rotatable bonds is 6. The number of halogens is 1. The maximum atomic E-state index is 12.5. The van der Waals surface area contributed by atoms with Crippen molar-refractivity contribution in [3.05, 3.63) is 53.9 Å². The third-order valence-electron chi connectivity index (χ3n) is 3.89. The smallest absolute Gasteiger partial charge is 0.341 e. The first-order valence-electron chi connectivity index (χ1n) is 8.47. The number of methoxy groups -OCH3 is 1. The Labute approximate surface area is 164 Å². The maximum Gasteiger partial charge on any atom is 0.341 e. The van der Waals surface area contributed by atoms with E-state index in [1.807, 2.05) is 50.2 Å². The number of nitrogens with one attached hydrogen (secondary N) is 1. The molecule has 2 heterocycles. The topological polar surface area (TPSA) is 73.3 Å². The normalized spacial score (nSPS) is 10.2. The molecule has 3 rings (SSSR count). The second kappa shape index (κ2) is 9.19. The number of ether oxygens (including phenoxy) is 2. The van der Waals surface area contributed by atoms with Crippen LogP contribution in [-0.4, -0.2) is 29.7 Å². The van der Waals surface area contributed by atoms with Crippen molar-refractivity contribution in [1.82, 2.24) is 9.97 Å². The van der Waals surface area contributed by atoms with Crippen molar-refractivity contribution in [3.8, 4) is 5.75 Å². The first-order chi connectivity index (χ1) is 12.6. The van der Waals surface area contributed by atoms with Gasteiger partial charge in [-0.1, -0.05) is 6.92 Å². The van der Waals surface area contributed by atoms with Gasteiger partial charge in [-0.15, -0.1) is 12.4 Å². The van der Waals surface area contributed by atoms with Crippen LogP contribution in [0.25, 0.3) is 11.0 Å². The zero-order valence-corrected chi connectivity index (χ0v) is 16.3. The number of hydrogen-bond donors (Lipinski definition) is 1. The fourth-order valence-corrected chi connectivity index (χ4v) is 2.55. The van der Waals surface area contributed by atoms with Gasteiger partial charge in [0.15, 0.2) is 5.65 Å². The van der Waals surface area contributed by atoms with E-state index < -0.39 is 5.97 Å². The summed E-state index contributed by atoms with van der Waals surface area (Å²) in [4.78, 5) is 21.3. The van der Waals surface area contributed by atoms with E-state index in [1.165, 1.54) is 6.20 Å². The Kier molecular flexibility index (Phi) is 6.96. The SMILES string of the molecule is CCCOC(=O)c1cnc2nc(C)ccc2c1Nc1ccc(OC)cc1.Cl. The van der Waals surface area contributed by atoms with Crippen LogP contribution in [0.2, 0.25) is 0 Å². The lowest BCUT2D eigenvalue weighted by molar-refractivity contribution is 0.0506. The third-order valence-corrected chi connectivity index (χ3v) is 3.89. The highest BCUT2D eigenvalue weighted by Gasteiger charge is 2.18. The van der Waals surface area contributed by atoms with Gasteiger partial charge in [-0.3, -0.25) is 0 Å². The second-order valence-corrected chi connectivity index (χ2v) is 5.86. The van der Waals surface area contributed by atoms with Gasteiger partial charge in [0.05, 0.1) is 19.4 Å². The van der Waals surface area contributed by atoms with Gasteiger partial charge in [0.25, 0.3) is 0 Å². The molecule has 0 radical (unpaired) electrons. The molecule has 0 aliphatic carbocycles. The molecule has 0 spiro atoms. The minimum absolute atomic E-state index is 0. The molecule has 0 amide bonds. The van der Waals surface area contributed by atoms with Gasteiger partial charge in [-0.25, -0.2) is 14.8 Å². The highest BCUT2D eigenvalue weighted by Crippen LogP contribution is 2.30. The van der Waals surface area contributed by atoms with Crippen molar-refractivity contribution in [2.45, 2.75) is 20.3 Å². The van der Waals surface area contributed by atoms with Gasteiger partial charge in [0.1, 0.15) is 11.3 Å². The van der Waals surface area contributed by atoms with Crippen LogP contribution >= 0.6 is 12.4 Å². The van der Waals surface area contributed by atoms with Crippen LogP contribution in [0.3, 0.4) is 0 Å². The van der Waals surface area contributed by atoms with E-state index in [-0.39, 0.29) is 12.4 Å². The van der Waals surface area contributed by atoms with Gasteiger partial charge in [-0.2, -0.15) is 0 Å². The molecule has 1 N–H and O–H groups in total. The number of carbonyl (C=O) groups excluding carboxylic acids is 1. The van der Waals surface area contributed by atoms with E-state index in [1.54, 1.807) is 7.11 Å². The van der Waals surface area contributed by atoms with E-state index in [0.717, 1.165) is 28.9 Å². The monoisotopic (exact) mass is 387 g/mol. The minimum atomic E-state index is -0.405. The molecule has 6 nitrogen and oxygen atoms in total. The average molecular weight is 388 g/mol. The zero-order chi connectivity index (χ0) is 18.5. The number of carbonyl (C=O) groups is 1. The molecule has 3 aromatic rings. The van der Waals surface area contributed by atoms with Crippen LogP contribution in [0.1, 0.15) is 29.4 Å². The Morgan fingerprint density at radius 1 is 1.15 bits per heavy atom. The predicted molar refractivity (Wildman–Crippen MR) is 108 cm³/mol. The molecular formula is C20H22ClN3O3. The van der Waals surface area contributed by atoms with Crippen LogP contribution < -0.4 is 10.1 Å². The molecule has 0 saturated carbocycles. The van der Waals surface area contributed by atoms with Gasteiger partial charge < -0.3 is 14.8 Å². The van der Waals surface area contributed by atoms with Gasteiger partial charge in [0, 0.05) is 23.0 Å². The molecule has 7 heteroatoms.